The Balaban J connectivity index is 2.09. The van der Waals surface area contributed by atoms with E-state index >= 15 is 0 Å². The summed E-state index contributed by atoms with van der Waals surface area (Å²) in [4.78, 5) is 3.61. The van der Waals surface area contributed by atoms with Gasteiger partial charge in [-0.15, -0.1) is 11.3 Å². The molecule has 0 aliphatic heterocycles. The normalized spacial score (nSPS) is 13.3. The van der Waals surface area contributed by atoms with Gasteiger partial charge in [-0.2, -0.15) is 5.10 Å². The number of hydrogen-bond acceptors (Lipinski definition) is 4. The fraction of sp³-hybridized carbons (Fsp3) is 0.500. The fourth-order valence-electron chi connectivity index (χ4n) is 2.17. The van der Waals surface area contributed by atoms with Gasteiger partial charge < -0.3 is 5.73 Å². The Bertz CT molecular complexity index is 549. The maximum absolute atomic E-state index is 5.97. The van der Waals surface area contributed by atoms with E-state index in [1.165, 1.54) is 10.4 Å². The van der Waals surface area contributed by atoms with Crippen LogP contribution in [0.5, 0.6) is 0 Å². The number of rotatable bonds is 6. The topological polar surface area (TPSA) is 47.1 Å². The standard InChI is InChI=1S/C14H21BrN4S/c1-10(2)19-7-11(6-17-19)14(5-16)18(3)8-13-4-12(15)9-20-13/h4,6-7,9-10,14H,5,8,16H2,1-3H3. The molecule has 2 aromatic rings. The zero-order valence-corrected chi connectivity index (χ0v) is 14.5. The van der Waals surface area contributed by atoms with Crippen LogP contribution in [0.1, 0.15) is 36.4 Å². The van der Waals surface area contributed by atoms with Gasteiger partial charge in [0.2, 0.25) is 0 Å². The number of hydrogen-bond donors (Lipinski definition) is 1. The summed E-state index contributed by atoms with van der Waals surface area (Å²) in [6, 6.07) is 2.73. The van der Waals surface area contributed by atoms with Gasteiger partial charge in [0, 0.05) is 45.6 Å². The molecule has 2 rings (SSSR count). The lowest BCUT2D eigenvalue weighted by atomic mass is 10.1. The predicted molar refractivity (Wildman–Crippen MR) is 87.9 cm³/mol. The molecule has 0 amide bonds. The molecular formula is C14H21BrN4S. The monoisotopic (exact) mass is 356 g/mol. The Morgan fingerprint density at radius 3 is 2.75 bits per heavy atom. The molecule has 0 spiro atoms. The predicted octanol–water partition coefficient (Wildman–Crippen LogP) is 3.42. The molecule has 0 aromatic carbocycles. The summed E-state index contributed by atoms with van der Waals surface area (Å²) < 4.78 is 3.12. The fourth-order valence-corrected chi connectivity index (χ4v) is 3.68. The van der Waals surface area contributed by atoms with E-state index in [2.05, 4.69) is 64.5 Å². The van der Waals surface area contributed by atoms with E-state index < -0.39 is 0 Å². The van der Waals surface area contributed by atoms with Crippen molar-refractivity contribution in [3.63, 3.8) is 0 Å². The third-order valence-electron chi connectivity index (χ3n) is 3.32. The van der Waals surface area contributed by atoms with Crippen LogP contribution in [0, 0.1) is 0 Å². The van der Waals surface area contributed by atoms with Crippen molar-refractivity contribution >= 4 is 27.3 Å². The lowest BCUT2D eigenvalue weighted by molar-refractivity contribution is 0.243. The van der Waals surface area contributed by atoms with Gasteiger partial charge in [0.1, 0.15) is 0 Å². The van der Waals surface area contributed by atoms with E-state index in [0.717, 1.165) is 11.0 Å². The average Bonchev–Trinajstić information content (AvgIpc) is 3.00. The van der Waals surface area contributed by atoms with Crippen molar-refractivity contribution < 1.29 is 0 Å². The Hall–Kier alpha value is -0.690. The molecule has 110 valence electrons. The molecule has 1 atom stereocenters. The summed E-state index contributed by atoms with van der Waals surface area (Å²) in [6.07, 6.45) is 4.03. The van der Waals surface area contributed by atoms with Crippen molar-refractivity contribution in [2.75, 3.05) is 13.6 Å². The van der Waals surface area contributed by atoms with Gasteiger partial charge in [-0.1, -0.05) is 0 Å². The zero-order chi connectivity index (χ0) is 14.7. The van der Waals surface area contributed by atoms with Crippen molar-refractivity contribution in [3.05, 3.63) is 38.8 Å². The SMILES string of the molecule is CC(C)n1cc(C(CN)N(C)Cc2cc(Br)cs2)cn1. The average molecular weight is 357 g/mol. The largest absolute Gasteiger partial charge is 0.329 e. The number of likely N-dealkylation sites (N-methyl/N-ethyl adjacent to an activating group) is 1. The van der Waals surface area contributed by atoms with Crippen LogP contribution in [0.2, 0.25) is 0 Å². The van der Waals surface area contributed by atoms with Gasteiger partial charge in [0.05, 0.1) is 12.2 Å². The smallest absolute Gasteiger partial charge is 0.0538 e. The second-order valence-electron chi connectivity index (χ2n) is 5.25. The molecule has 2 heterocycles. The van der Waals surface area contributed by atoms with Crippen LogP contribution >= 0.6 is 27.3 Å². The molecule has 0 radical (unpaired) electrons. The van der Waals surface area contributed by atoms with E-state index in [1.807, 2.05) is 10.9 Å². The Labute approximate surface area is 132 Å². The van der Waals surface area contributed by atoms with Gasteiger partial charge in [-0.3, -0.25) is 9.58 Å². The minimum Gasteiger partial charge on any atom is -0.329 e. The molecule has 6 heteroatoms. The summed E-state index contributed by atoms with van der Waals surface area (Å²) in [7, 11) is 2.11. The van der Waals surface area contributed by atoms with Crippen LogP contribution in [0.15, 0.2) is 28.3 Å². The minimum absolute atomic E-state index is 0.198. The molecule has 0 saturated carbocycles. The number of halogens is 1. The van der Waals surface area contributed by atoms with Gasteiger partial charge in [-0.25, -0.2) is 0 Å². The Morgan fingerprint density at radius 2 is 2.25 bits per heavy atom. The molecule has 2 aromatic heterocycles. The summed E-state index contributed by atoms with van der Waals surface area (Å²) >= 11 is 5.26. The number of aromatic nitrogens is 2. The van der Waals surface area contributed by atoms with Crippen molar-refractivity contribution in [1.29, 1.82) is 0 Å². The zero-order valence-electron chi connectivity index (χ0n) is 12.1. The van der Waals surface area contributed by atoms with Crippen molar-refractivity contribution in [2.45, 2.75) is 32.5 Å². The van der Waals surface area contributed by atoms with E-state index in [9.17, 15) is 0 Å². The molecule has 0 aliphatic rings. The quantitative estimate of drug-likeness (QED) is 0.862. The van der Waals surface area contributed by atoms with Gasteiger partial charge in [0.25, 0.3) is 0 Å². The highest BCUT2D eigenvalue weighted by Gasteiger charge is 2.18. The van der Waals surface area contributed by atoms with E-state index in [1.54, 1.807) is 11.3 Å². The molecular weight excluding hydrogens is 336 g/mol. The lowest BCUT2D eigenvalue weighted by Gasteiger charge is -2.25. The van der Waals surface area contributed by atoms with Gasteiger partial charge in [-0.05, 0) is 42.9 Å². The van der Waals surface area contributed by atoms with Crippen LogP contribution in [-0.2, 0) is 6.54 Å². The number of thiophene rings is 1. The highest BCUT2D eigenvalue weighted by Crippen LogP contribution is 2.25. The van der Waals surface area contributed by atoms with Crippen LogP contribution in [-0.4, -0.2) is 28.3 Å². The summed E-state index contributed by atoms with van der Waals surface area (Å²) in [6.45, 7) is 5.74. The van der Waals surface area contributed by atoms with Crippen molar-refractivity contribution in [3.8, 4) is 0 Å². The number of nitrogens with two attached hydrogens (primary N) is 1. The van der Waals surface area contributed by atoms with Crippen LogP contribution in [0.3, 0.4) is 0 Å². The molecule has 0 aliphatic carbocycles. The third kappa shape index (κ3) is 3.69. The number of nitrogens with zero attached hydrogens (tertiary/aromatic N) is 3. The first-order valence-corrected chi connectivity index (χ1v) is 8.35. The molecule has 0 saturated heterocycles. The van der Waals surface area contributed by atoms with Gasteiger partial charge >= 0.3 is 0 Å². The third-order valence-corrected chi connectivity index (χ3v) is 5.00. The molecule has 1 unspecified atom stereocenters. The molecule has 2 N–H and O–H groups in total. The summed E-state index contributed by atoms with van der Waals surface area (Å²) in [5, 5.41) is 6.52. The lowest BCUT2D eigenvalue weighted by Crippen LogP contribution is -2.29. The first kappa shape index (κ1) is 15.7. The van der Waals surface area contributed by atoms with Crippen LogP contribution in [0.4, 0.5) is 0 Å². The van der Waals surface area contributed by atoms with E-state index in [0.29, 0.717) is 12.6 Å². The van der Waals surface area contributed by atoms with Crippen LogP contribution in [0.25, 0.3) is 0 Å². The maximum atomic E-state index is 5.97. The molecule has 0 fully saturated rings. The molecule has 0 bridgehead atoms. The van der Waals surface area contributed by atoms with Crippen molar-refractivity contribution in [1.82, 2.24) is 14.7 Å². The first-order chi connectivity index (χ1) is 9.51. The second-order valence-corrected chi connectivity index (χ2v) is 7.16. The van der Waals surface area contributed by atoms with Crippen LogP contribution < -0.4 is 5.73 Å². The molecule has 4 nitrogen and oxygen atoms in total. The second kappa shape index (κ2) is 6.85. The van der Waals surface area contributed by atoms with Gasteiger partial charge in [0.15, 0.2) is 0 Å². The molecule has 20 heavy (non-hydrogen) atoms. The van der Waals surface area contributed by atoms with Crippen molar-refractivity contribution in [2.24, 2.45) is 5.73 Å². The maximum Gasteiger partial charge on any atom is 0.0538 e. The van der Waals surface area contributed by atoms with E-state index in [-0.39, 0.29) is 6.04 Å². The summed E-state index contributed by atoms with van der Waals surface area (Å²) in [5.41, 5.74) is 7.15. The van der Waals surface area contributed by atoms with E-state index in [4.69, 9.17) is 5.73 Å². The highest BCUT2D eigenvalue weighted by molar-refractivity contribution is 9.10. The Kier molecular flexibility index (Phi) is 5.37. The highest BCUT2D eigenvalue weighted by atomic mass is 79.9. The minimum atomic E-state index is 0.198. The first-order valence-electron chi connectivity index (χ1n) is 6.68. The Morgan fingerprint density at radius 1 is 1.50 bits per heavy atom. The summed E-state index contributed by atoms with van der Waals surface area (Å²) in [5.74, 6) is 0.